The standard InChI is InChI=1S/C16H20ClNS/c1-12(2)10-16(7-3-4-8-16)15(17)13(11-18)14-6-5-9-19-14/h5-6,9,12H,3-4,7-8,10H2,1-2H3. The minimum atomic E-state index is 0.0464. The normalized spacial score (nSPS) is 19.3. The van der Waals surface area contributed by atoms with E-state index in [9.17, 15) is 5.26 Å². The van der Waals surface area contributed by atoms with E-state index in [1.54, 1.807) is 11.3 Å². The molecule has 0 spiro atoms. The third-order valence-electron chi connectivity index (χ3n) is 3.92. The summed E-state index contributed by atoms with van der Waals surface area (Å²) in [5.74, 6) is 0.607. The van der Waals surface area contributed by atoms with E-state index in [-0.39, 0.29) is 5.41 Å². The fourth-order valence-electron chi connectivity index (χ4n) is 3.24. The van der Waals surface area contributed by atoms with Crippen molar-refractivity contribution in [2.45, 2.75) is 46.0 Å². The molecule has 1 aromatic rings. The highest BCUT2D eigenvalue weighted by Crippen LogP contribution is 2.52. The number of rotatable bonds is 4. The molecule has 0 atom stereocenters. The molecule has 0 unspecified atom stereocenters. The van der Waals surface area contributed by atoms with Crippen LogP contribution in [0.25, 0.3) is 5.57 Å². The summed E-state index contributed by atoms with van der Waals surface area (Å²) in [6.45, 7) is 4.48. The van der Waals surface area contributed by atoms with Gasteiger partial charge in [-0.2, -0.15) is 5.26 Å². The molecule has 0 radical (unpaired) electrons. The highest BCUT2D eigenvalue weighted by Gasteiger charge is 2.39. The minimum Gasteiger partial charge on any atom is -0.192 e. The van der Waals surface area contributed by atoms with Crippen LogP contribution in [0.5, 0.6) is 0 Å². The van der Waals surface area contributed by atoms with Crippen molar-refractivity contribution < 1.29 is 0 Å². The zero-order valence-corrected chi connectivity index (χ0v) is 13.2. The van der Waals surface area contributed by atoms with Gasteiger partial charge in [0.25, 0.3) is 0 Å². The quantitative estimate of drug-likeness (QED) is 0.641. The second kappa shape index (κ2) is 6.11. The fraction of sp³-hybridized carbons (Fsp3) is 0.562. The molecule has 1 fully saturated rings. The number of thiophene rings is 1. The lowest BCUT2D eigenvalue weighted by Gasteiger charge is -2.31. The number of hydrogen-bond donors (Lipinski definition) is 0. The molecule has 0 aliphatic heterocycles. The number of allylic oxidation sites excluding steroid dienone is 2. The number of nitrogens with zero attached hydrogens (tertiary/aromatic N) is 1. The second-order valence-electron chi connectivity index (χ2n) is 5.86. The molecule has 1 nitrogen and oxygen atoms in total. The zero-order chi connectivity index (χ0) is 13.9. The molecule has 3 heteroatoms. The predicted octanol–water partition coefficient (Wildman–Crippen LogP) is 5.83. The monoisotopic (exact) mass is 293 g/mol. The first-order chi connectivity index (χ1) is 9.09. The molecule has 2 rings (SSSR count). The number of halogens is 1. The van der Waals surface area contributed by atoms with Crippen molar-refractivity contribution in [1.29, 1.82) is 5.26 Å². The molecule has 0 aromatic carbocycles. The van der Waals surface area contributed by atoms with Gasteiger partial charge >= 0.3 is 0 Å². The van der Waals surface area contributed by atoms with Crippen LogP contribution in [-0.2, 0) is 0 Å². The summed E-state index contributed by atoms with van der Waals surface area (Å²) in [5, 5.41) is 12.3. The van der Waals surface area contributed by atoms with Crippen molar-refractivity contribution in [3.63, 3.8) is 0 Å². The van der Waals surface area contributed by atoms with Crippen molar-refractivity contribution in [2.24, 2.45) is 11.3 Å². The molecular formula is C16H20ClNS. The maximum atomic E-state index is 9.49. The van der Waals surface area contributed by atoms with Gasteiger partial charge in [-0.1, -0.05) is 44.4 Å². The Morgan fingerprint density at radius 2 is 2.16 bits per heavy atom. The topological polar surface area (TPSA) is 23.8 Å². The maximum Gasteiger partial charge on any atom is 0.102 e. The molecule has 1 heterocycles. The van der Waals surface area contributed by atoms with E-state index in [2.05, 4.69) is 19.9 Å². The van der Waals surface area contributed by atoms with Crippen molar-refractivity contribution in [3.8, 4) is 6.07 Å². The Morgan fingerprint density at radius 1 is 1.47 bits per heavy atom. The van der Waals surface area contributed by atoms with Crippen LogP contribution in [0.1, 0.15) is 50.8 Å². The van der Waals surface area contributed by atoms with Crippen LogP contribution in [0, 0.1) is 22.7 Å². The molecular weight excluding hydrogens is 274 g/mol. The fourth-order valence-corrected chi connectivity index (χ4v) is 4.44. The summed E-state index contributed by atoms with van der Waals surface area (Å²) < 4.78 is 0. The molecule has 0 bridgehead atoms. The molecule has 1 aromatic heterocycles. The van der Waals surface area contributed by atoms with Crippen molar-refractivity contribution in [1.82, 2.24) is 0 Å². The van der Waals surface area contributed by atoms with Crippen LogP contribution in [0.2, 0.25) is 0 Å². The molecule has 19 heavy (non-hydrogen) atoms. The van der Waals surface area contributed by atoms with Crippen LogP contribution in [0.4, 0.5) is 0 Å². The first-order valence-electron chi connectivity index (χ1n) is 6.93. The average Bonchev–Trinajstić information content (AvgIpc) is 3.01. The van der Waals surface area contributed by atoms with Gasteiger partial charge in [0.2, 0.25) is 0 Å². The number of nitriles is 1. The van der Waals surface area contributed by atoms with Gasteiger partial charge in [-0.05, 0) is 36.6 Å². The molecule has 0 N–H and O–H groups in total. The van der Waals surface area contributed by atoms with Gasteiger partial charge in [0.15, 0.2) is 0 Å². The van der Waals surface area contributed by atoms with Crippen LogP contribution in [0.15, 0.2) is 22.5 Å². The highest BCUT2D eigenvalue weighted by molar-refractivity contribution is 7.11. The van der Waals surface area contributed by atoms with Gasteiger partial charge < -0.3 is 0 Å². The van der Waals surface area contributed by atoms with Crippen LogP contribution in [-0.4, -0.2) is 0 Å². The lowest BCUT2D eigenvalue weighted by Crippen LogP contribution is -2.20. The Morgan fingerprint density at radius 3 is 2.63 bits per heavy atom. The largest absolute Gasteiger partial charge is 0.192 e. The smallest absolute Gasteiger partial charge is 0.102 e. The van der Waals surface area contributed by atoms with Crippen molar-refractivity contribution >= 4 is 28.5 Å². The van der Waals surface area contributed by atoms with E-state index in [1.165, 1.54) is 12.8 Å². The molecule has 1 aliphatic carbocycles. The van der Waals surface area contributed by atoms with Gasteiger partial charge in [0, 0.05) is 15.3 Å². The average molecular weight is 294 g/mol. The molecule has 0 saturated heterocycles. The molecule has 102 valence electrons. The third kappa shape index (κ3) is 3.04. The molecule has 1 saturated carbocycles. The molecule has 0 amide bonds. The van der Waals surface area contributed by atoms with Gasteiger partial charge in [-0.3, -0.25) is 0 Å². The van der Waals surface area contributed by atoms with E-state index in [0.717, 1.165) is 29.2 Å². The summed E-state index contributed by atoms with van der Waals surface area (Å²) in [7, 11) is 0. The lowest BCUT2D eigenvalue weighted by molar-refractivity contribution is 0.304. The third-order valence-corrected chi connectivity index (χ3v) is 5.40. The van der Waals surface area contributed by atoms with Crippen LogP contribution < -0.4 is 0 Å². The van der Waals surface area contributed by atoms with E-state index in [0.29, 0.717) is 11.5 Å². The first-order valence-corrected chi connectivity index (χ1v) is 8.19. The Hall–Kier alpha value is -0.780. The summed E-state index contributed by atoms with van der Waals surface area (Å²) in [5.41, 5.74) is 0.740. The van der Waals surface area contributed by atoms with Gasteiger partial charge in [-0.25, -0.2) is 0 Å². The zero-order valence-electron chi connectivity index (χ0n) is 11.6. The summed E-state index contributed by atoms with van der Waals surface area (Å²) in [6.07, 6.45) is 5.79. The molecule has 1 aliphatic rings. The summed E-state index contributed by atoms with van der Waals surface area (Å²) in [6, 6.07) is 6.30. The van der Waals surface area contributed by atoms with Crippen LogP contribution >= 0.6 is 22.9 Å². The number of hydrogen-bond acceptors (Lipinski definition) is 2. The maximum absolute atomic E-state index is 9.49. The Balaban J connectivity index is 2.43. The van der Waals surface area contributed by atoms with Gasteiger partial charge in [0.05, 0.1) is 5.57 Å². The van der Waals surface area contributed by atoms with E-state index in [4.69, 9.17) is 11.6 Å². The van der Waals surface area contributed by atoms with Crippen LogP contribution in [0.3, 0.4) is 0 Å². The van der Waals surface area contributed by atoms with E-state index < -0.39 is 0 Å². The first kappa shape index (κ1) is 14.6. The summed E-state index contributed by atoms with van der Waals surface area (Å²) in [4.78, 5) is 1.00. The van der Waals surface area contributed by atoms with Crippen molar-refractivity contribution in [3.05, 3.63) is 27.4 Å². The summed E-state index contributed by atoms with van der Waals surface area (Å²) >= 11 is 8.30. The van der Waals surface area contributed by atoms with E-state index in [1.807, 2.05) is 17.5 Å². The Labute approximate surface area is 124 Å². The van der Waals surface area contributed by atoms with Crippen molar-refractivity contribution in [2.75, 3.05) is 0 Å². The second-order valence-corrected chi connectivity index (χ2v) is 7.19. The predicted molar refractivity (Wildman–Crippen MR) is 83.1 cm³/mol. The van der Waals surface area contributed by atoms with E-state index >= 15 is 0 Å². The van der Waals surface area contributed by atoms with Gasteiger partial charge in [0.1, 0.15) is 6.07 Å². The Bertz CT molecular complexity index is 487. The Kier molecular flexibility index (Phi) is 4.71. The SMILES string of the molecule is CC(C)CC1(C(Cl)=C(C#N)c2cccs2)CCCC1. The highest BCUT2D eigenvalue weighted by atomic mass is 35.5. The minimum absolute atomic E-state index is 0.0464. The lowest BCUT2D eigenvalue weighted by atomic mass is 9.77. The van der Waals surface area contributed by atoms with Gasteiger partial charge in [-0.15, -0.1) is 11.3 Å².